The van der Waals surface area contributed by atoms with Crippen molar-refractivity contribution in [1.82, 2.24) is 5.32 Å². The molecule has 3 heteroatoms. The molecular formula is C15H24FNO. The fraction of sp³-hybridized carbons (Fsp3) is 0.600. The molecular weight excluding hydrogens is 229 g/mol. The van der Waals surface area contributed by atoms with E-state index in [2.05, 4.69) is 26.1 Å². The van der Waals surface area contributed by atoms with Gasteiger partial charge in [0, 0.05) is 32.2 Å². The Morgan fingerprint density at radius 3 is 2.56 bits per heavy atom. The third-order valence-electron chi connectivity index (χ3n) is 3.14. The van der Waals surface area contributed by atoms with Crippen LogP contribution in [0, 0.1) is 11.7 Å². The highest BCUT2D eigenvalue weighted by Crippen LogP contribution is 2.25. The number of nitrogens with one attached hydrogen (secondary N) is 1. The van der Waals surface area contributed by atoms with E-state index in [1.807, 2.05) is 6.07 Å². The highest BCUT2D eigenvalue weighted by molar-refractivity contribution is 5.22. The van der Waals surface area contributed by atoms with Crippen molar-refractivity contribution in [2.75, 3.05) is 20.3 Å². The number of methoxy groups -OCH3 is 1. The van der Waals surface area contributed by atoms with Crippen molar-refractivity contribution in [3.8, 4) is 0 Å². The van der Waals surface area contributed by atoms with Gasteiger partial charge in [-0.3, -0.25) is 0 Å². The maximum atomic E-state index is 13.3. The van der Waals surface area contributed by atoms with Gasteiger partial charge in [-0.15, -0.1) is 0 Å². The summed E-state index contributed by atoms with van der Waals surface area (Å²) < 4.78 is 18.5. The lowest BCUT2D eigenvalue weighted by Crippen LogP contribution is -2.31. The van der Waals surface area contributed by atoms with Crippen LogP contribution in [0.5, 0.6) is 0 Å². The Bertz CT molecular complexity index is 354. The molecule has 0 aromatic heterocycles. The number of rotatable bonds is 7. The summed E-state index contributed by atoms with van der Waals surface area (Å²) >= 11 is 0. The van der Waals surface area contributed by atoms with Crippen LogP contribution in [0.25, 0.3) is 0 Å². The number of hydrogen-bond acceptors (Lipinski definition) is 2. The van der Waals surface area contributed by atoms with Gasteiger partial charge in [-0.2, -0.15) is 0 Å². The molecule has 0 aliphatic carbocycles. The van der Waals surface area contributed by atoms with Gasteiger partial charge in [-0.1, -0.05) is 32.9 Å². The van der Waals surface area contributed by atoms with Crippen molar-refractivity contribution in [3.63, 3.8) is 0 Å². The van der Waals surface area contributed by atoms with E-state index < -0.39 is 0 Å². The first-order chi connectivity index (χ1) is 8.54. The van der Waals surface area contributed by atoms with Gasteiger partial charge in [0.1, 0.15) is 5.82 Å². The summed E-state index contributed by atoms with van der Waals surface area (Å²) in [5.74, 6) is 0.442. The van der Waals surface area contributed by atoms with Crippen LogP contribution in [-0.2, 0) is 4.74 Å². The molecule has 0 saturated carbocycles. The lowest BCUT2D eigenvalue weighted by molar-refractivity contribution is 0.145. The first kappa shape index (κ1) is 15.1. The molecule has 0 radical (unpaired) electrons. The van der Waals surface area contributed by atoms with Crippen LogP contribution in [0.3, 0.4) is 0 Å². The summed E-state index contributed by atoms with van der Waals surface area (Å²) in [6, 6.07) is 7.29. The number of hydrogen-bond donors (Lipinski definition) is 1. The van der Waals surface area contributed by atoms with E-state index in [1.165, 1.54) is 6.07 Å². The molecule has 1 aromatic carbocycles. The van der Waals surface area contributed by atoms with E-state index in [9.17, 15) is 4.39 Å². The molecule has 1 rings (SSSR count). The summed E-state index contributed by atoms with van der Waals surface area (Å²) in [5, 5.41) is 3.42. The average molecular weight is 253 g/mol. The zero-order valence-electron chi connectivity index (χ0n) is 11.7. The third kappa shape index (κ3) is 4.75. The number of halogens is 1. The van der Waals surface area contributed by atoms with Gasteiger partial charge >= 0.3 is 0 Å². The molecule has 2 atom stereocenters. The first-order valence-corrected chi connectivity index (χ1v) is 6.52. The SMILES string of the molecule is COCC(C)C(CNC(C)C)c1cccc(F)c1. The number of benzene rings is 1. The lowest BCUT2D eigenvalue weighted by atomic mass is 9.87. The molecule has 2 nitrogen and oxygen atoms in total. The Morgan fingerprint density at radius 2 is 2.00 bits per heavy atom. The van der Waals surface area contributed by atoms with Gasteiger partial charge < -0.3 is 10.1 Å². The monoisotopic (exact) mass is 253 g/mol. The fourth-order valence-corrected chi connectivity index (χ4v) is 2.13. The minimum Gasteiger partial charge on any atom is -0.384 e. The fourth-order valence-electron chi connectivity index (χ4n) is 2.13. The van der Waals surface area contributed by atoms with Crippen molar-refractivity contribution < 1.29 is 9.13 Å². The van der Waals surface area contributed by atoms with Crippen LogP contribution in [0.2, 0.25) is 0 Å². The van der Waals surface area contributed by atoms with Crippen molar-refractivity contribution in [3.05, 3.63) is 35.6 Å². The van der Waals surface area contributed by atoms with E-state index in [4.69, 9.17) is 4.74 Å². The quantitative estimate of drug-likeness (QED) is 0.805. The van der Waals surface area contributed by atoms with Gasteiger partial charge in [0.2, 0.25) is 0 Å². The van der Waals surface area contributed by atoms with Crippen LogP contribution in [0.4, 0.5) is 4.39 Å². The molecule has 0 bridgehead atoms. The number of ether oxygens (including phenoxy) is 1. The Hall–Kier alpha value is -0.930. The molecule has 0 aliphatic rings. The van der Waals surface area contributed by atoms with Gasteiger partial charge in [0.05, 0.1) is 0 Å². The smallest absolute Gasteiger partial charge is 0.123 e. The van der Waals surface area contributed by atoms with E-state index in [0.29, 0.717) is 18.6 Å². The van der Waals surface area contributed by atoms with Crippen LogP contribution in [-0.4, -0.2) is 26.3 Å². The topological polar surface area (TPSA) is 21.3 Å². The van der Waals surface area contributed by atoms with Crippen LogP contribution >= 0.6 is 0 Å². The molecule has 0 saturated heterocycles. The molecule has 0 fully saturated rings. The zero-order valence-corrected chi connectivity index (χ0v) is 11.7. The molecule has 1 N–H and O–H groups in total. The van der Waals surface area contributed by atoms with E-state index in [1.54, 1.807) is 19.2 Å². The predicted molar refractivity (Wildman–Crippen MR) is 73.3 cm³/mol. The molecule has 2 unspecified atom stereocenters. The minimum absolute atomic E-state index is 0.174. The molecule has 0 amide bonds. The predicted octanol–water partition coefficient (Wildman–Crippen LogP) is 3.19. The summed E-state index contributed by atoms with van der Waals surface area (Å²) in [6.45, 7) is 7.89. The standard InChI is InChI=1S/C15H24FNO/c1-11(2)17-9-15(12(3)10-18-4)13-6-5-7-14(16)8-13/h5-8,11-12,15,17H,9-10H2,1-4H3. The van der Waals surface area contributed by atoms with E-state index in [0.717, 1.165) is 12.1 Å². The van der Waals surface area contributed by atoms with Gasteiger partial charge in [-0.25, -0.2) is 4.39 Å². The molecule has 0 heterocycles. The summed E-state index contributed by atoms with van der Waals surface area (Å²) in [7, 11) is 1.70. The van der Waals surface area contributed by atoms with Crippen molar-refractivity contribution in [1.29, 1.82) is 0 Å². The zero-order chi connectivity index (χ0) is 13.5. The molecule has 0 aliphatic heterocycles. The van der Waals surface area contributed by atoms with Crippen molar-refractivity contribution in [2.45, 2.75) is 32.7 Å². The Balaban J connectivity index is 2.81. The second-order valence-electron chi connectivity index (χ2n) is 5.16. The van der Waals surface area contributed by atoms with Crippen LogP contribution < -0.4 is 5.32 Å². The van der Waals surface area contributed by atoms with Gasteiger partial charge in [0.15, 0.2) is 0 Å². The highest BCUT2D eigenvalue weighted by atomic mass is 19.1. The van der Waals surface area contributed by atoms with Gasteiger partial charge in [0.25, 0.3) is 0 Å². The average Bonchev–Trinajstić information content (AvgIpc) is 2.29. The maximum absolute atomic E-state index is 13.3. The molecule has 1 aromatic rings. The van der Waals surface area contributed by atoms with Crippen LogP contribution in [0.15, 0.2) is 24.3 Å². The van der Waals surface area contributed by atoms with Crippen molar-refractivity contribution in [2.24, 2.45) is 5.92 Å². The summed E-state index contributed by atoms with van der Waals surface area (Å²) in [6.07, 6.45) is 0. The first-order valence-electron chi connectivity index (χ1n) is 6.52. The Kier molecular flexibility index (Phi) is 6.30. The highest BCUT2D eigenvalue weighted by Gasteiger charge is 2.19. The third-order valence-corrected chi connectivity index (χ3v) is 3.14. The second kappa shape index (κ2) is 7.49. The van der Waals surface area contributed by atoms with Crippen LogP contribution in [0.1, 0.15) is 32.3 Å². The second-order valence-corrected chi connectivity index (χ2v) is 5.16. The summed E-state index contributed by atoms with van der Waals surface area (Å²) in [5.41, 5.74) is 1.03. The van der Waals surface area contributed by atoms with E-state index >= 15 is 0 Å². The normalized spacial score (nSPS) is 14.8. The largest absolute Gasteiger partial charge is 0.384 e. The lowest BCUT2D eigenvalue weighted by Gasteiger charge is -2.25. The Labute approximate surface area is 110 Å². The van der Waals surface area contributed by atoms with Gasteiger partial charge in [-0.05, 0) is 23.6 Å². The molecule has 102 valence electrons. The molecule has 18 heavy (non-hydrogen) atoms. The Morgan fingerprint density at radius 1 is 1.28 bits per heavy atom. The molecule has 0 spiro atoms. The summed E-state index contributed by atoms with van der Waals surface area (Å²) in [4.78, 5) is 0. The van der Waals surface area contributed by atoms with Crippen molar-refractivity contribution >= 4 is 0 Å². The van der Waals surface area contributed by atoms with E-state index in [-0.39, 0.29) is 11.7 Å². The maximum Gasteiger partial charge on any atom is 0.123 e. The minimum atomic E-state index is -0.174.